The number of rotatable bonds is 12. The van der Waals surface area contributed by atoms with Crippen LogP contribution in [0.3, 0.4) is 0 Å². The quantitative estimate of drug-likeness (QED) is 0.0881. The minimum absolute atomic E-state index is 0.699. The summed E-state index contributed by atoms with van der Waals surface area (Å²) in [4.78, 5) is 23.9. The van der Waals surface area contributed by atoms with Crippen molar-refractivity contribution in [2.24, 2.45) is 0 Å². The minimum Gasteiger partial charge on any atom is -0.394 e. The predicted molar refractivity (Wildman–Crippen MR) is 157 cm³/mol. The Kier molecular flexibility index (Phi) is 14.8. The van der Waals surface area contributed by atoms with Crippen molar-refractivity contribution >= 4 is 11.8 Å². The lowest BCUT2D eigenvalue weighted by atomic mass is 9.94. The number of aliphatic hydroxyl groups is 12. The van der Waals surface area contributed by atoms with Crippen molar-refractivity contribution in [3.05, 3.63) is 0 Å². The van der Waals surface area contributed by atoms with E-state index < -0.39 is 161 Å². The standard InChI is InChI=1S/C28H48N2O21/c1-7(34)29-13-19(40)15(36)9(3-31)47-26(13)51-24-17(38)11(5-33)49-28(22(24)43)50-23-14(30-8(2)35)25(44)46-12(18(23)39)6-45-27-21(42)20(41)16(37)10(4-32)48-27/h9-28,31-33,36-44H,3-6H2,1-2H3,(H,29,34)(H,30,35)/t9-,10-,11-,12-,13-,14-,15-,16-,17+,18+,19-,20+,21-,22-,23-,24+,25?,26+,27-,28+/m1/s1. The zero-order chi connectivity index (χ0) is 37.9. The molecule has 4 aliphatic heterocycles. The number of amides is 2. The van der Waals surface area contributed by atoms with Crippen LogP contribution in [0, 0.1) is 0 Å². The molecule has 51 heavy (non-hydrogen) atoms. The highest BCUT2D eigenvalue weighted by molar-refractivity contribution is 5.73. The van der Waals surface area contributed by atoms with Crippen LogP contribution in [0.25, 0.3) is 0 Å². The largest absolute Gasteiger partial charge is 0.394 e. The van der Waals surface area contributed by atoms with Crippen molar-refractivity contribution < 1.29 is 104 Å². The molecule has 4 heterocycles. The summed E-state index contributed by atoms with van der Waals surface area (Å²) in [5.41, 5.74) is 0. The summed E-state index contributed by atoms with van der Waals surface area (Å²) in [6.07, 6.45) is -31.2. The SMILES string of the molecule is CC(=O)N[C@H]1[C@H](O[C@H]2[C@@H](O)[C@@H](CO)O[C@@H](O[C@H]3[C@@H](O)[C@@H](CO[C@@H]4O[C@H](CO)[C@@H](O)[C@H](O)[C@H]4O)OC(O)[C@@H]3NC(C)=O)[C@@H]2O)O[C@H](CO)[C@@H](O)[C@@H]1O. The smallest absolute Gasteiger partial charge is 0.217 e. The second-order valence-corrected chi connectivity index (χ2v) is 12.7. The first-order chi connectivity index (χ1) is 24.0. The lowest BCUT2D eigenvalue weighted by molar-refractivity contribution is -0.367. The molecule has 23 heteroatoms. The van der Waals surface area contributed by atoms with Crippen LogP contribution >= 0.6 is 0 Å². The topological polar surface area (TPSA) is 366 Å². The van der Waals surface area contributed by atoms with Gasteiger partial charge in [-0.15, -0.1) is 0 Å². The first-order valence-corrected chi connectivity index (χ1v) is 16.1. The highest BCUT2D eigenvalue weighted by Gasteiger charge is 2.54. The van der Waals surface area contributed by atoms with Gasteiger partial charge in [-0.3, -0.25) is 9.59 Å². The Bertz CT molecular complexity index is 1140. The van der Waals surface area contributed by atoms with Gasteiger partial charge in [0.2, 0.25) is 11.8 Å². The molecule has 4 saturated heterocycles. The van der Waals surface area contributed by atoms with Crippen molar-refractivity contribution in [2.45, 2.75) is 137 Å². The Hall–Kier alpha value is -1.82. The Morgan fingerprint density at radius 3 is 1.55 bits per heavy atom. The molecule has 23 nitrogen and oxygen atoms in total. The van der Waals surface area contributed by atoms with Crippen molar-refractivity contribution in [3.63, 3.8) is 0 Å². The lowest BCUT2D eigenvalue weighted by Gasteiger charge is -2.49. The molecule has 14 N–H and O–H groups in total. The highest BCUT2D eigenvalue weighted by atomic mass is 16.7. The first-order valence-electron chi connectivity index (χ1n) is 16.1. The van der Waals surface area contributed by atoms with E-state index in [9.17, 15) is 70.9 Å². The van der Waals surface area contributed by atoms with Crippen LogP contribution in [0.2, 0.25) is 0 Å². The Balaban J connectivity index is 1.55. The molecule has 1 unspecified atom stereocenters. The summed E-state index contributed by atoms with van der Waals surface area (Å²) in [7, 11) is 0. The van der Waals surface area contributed by atoms with E-state index in [1.54, 1.807) is 0 Å². The van der Waals surface area contributed by atoms with E-state index in [2.05, 4.69) is 10.6 Å². The van der Waals surface area contributed by atoms with Gasteiger partial charge in [0.05, 0.1) is 26.4 Å². The molecule has 20 atom stereocenters. The van der Waals surface area contributed by atoms with E-state index in [4.69, 9.17) is 33.2 Å². The number of nitrogens with one attached hydrogen (secondary N) is 2. The third-order valence-electron chi connectivity index (χ3n) is 8.99. The fraction of sp³-hybridized carbons (Fsp3) is 0.929. The molecular formula is C28H48N2O21. The summed E-state index contributed by atoms with van der Waals surface area (Å²) in [6.45, 7) is -1.03. The van der Waals surface area contributed by atoms with E-state index in [0.29, 0.717) is 0 Å². The molecule has 0 aromatic carbocycles. The van der Waals surface area contributed by atoms with Crippen LogP contribution in [-0.4, -0.2) is 222 Å². The van der Waals surface area contributed by atoms with E-state index >= 15 is 0 Å². The molecule has 0 aromatic heterocycles. The molecule has 2 amide bonds. The van der Waals surface area contributed by atoms with Gasteiger partial charge in [0.15, 0.2) is 25.2 Å². The van der Waals surface area contributed by atoms with E-state index in [0.717, 1.165) is 13.8 Å². The molecule has 296 valence electrons. The molecule has 0 spiro atoms. The van der Waals surface area contributed by atoms with Gasteiger partial charge >= 0.3 is 0 Å². The number of aliphatic hydroxyl groups excluding tert-OH is 12. The third-order valence-corrected chi connectivity index (χ3v) is 8.99. The van der Waals surface area contributed by atoms with Crippen LogP contribution in [0.5, 0.6) is 0 Å². The maximum atomic E-state index is 12.0. The van der Waals surface area contributed by atoms with Crippen LogP contribution in [0.1, 0.15) is 13.8 Å². The van der Waals surface area contributed by atoms with Crippen molar-refractivity contribution in [3.8, 4) is 0 Å². The minimum atomic E-state index is -2.05. The second kappa shape index (κ2) is 18.0. The molecule has 4 fully saturated rings. The zero-order valence-electron chi connectivity index (χ0n) is 27.4. The molecule has 4 aliphatic rings. The van der Waals surface area contributed by atoms with Crippen molar-refractivity contribution in [2.75, 3.05) is 26.4 Å². The normalized spacial score (nSPS) is 47.8. The molecular weight excluding hydrogens is 700 g/mol. The van der Waals surface area contributed by atoms with Gasteiger partial charge < -0.3 is 105 Å². The third kappa shape index (κ3) is 9.29. The first kappa shape index (κ1) is 41.9. The number of carbonyl (C=O) groups excluding carboxylic acids is 2. The van der Waals surface area contributed by atoms with Gasteiger partial charge in [-0.25, -0.2) is 0 Å². The van der Waals surface area contributed by atoms with Gasteiger partial charge in [0.25, 0.3) is 0 Å². The van der Waals surface area contributed by atoms with Crippen LogP contribution in [0.15, 0.2) is 0 Å². The zero-order valence-corrected chi connectivity index (χ0v) is 27.4. The van der Waals surface area contributed by atoms with Crippen molar-refractivity contribution in [1.82, 2.24) is 10.6 Å². The molecule has 0 radical (unpaired) electrons. The summed E-state index contributed by atoms with van der Waals surface area (Å²) in [6, 6.07) is -3.07. The predicted octanol–water partition coefficient (Wildman–Crippen LogP) is -9.46. The van der Waals surface area contributed by atoms with Crippen LogP contribution < -0.4 is 10.6 Å². The molecule has 4 rings (SSSR count). The Morgan fingerprint density at radius 1 is 0.510 bits per heavy atom. The monoisotopic (exact) mass is 748 g/mol. The summed E-state index contributed by atoms with van der Waals surface area (Å²) in [5, 5.41) is 130. The fourth-order valence-electron chi connectivity index (χ4n) is 6.24. The maximum Gasteiger partial charge on any atom is 0.217 e. The average molecular weight is 749 g/mol. The molecule has 0 aliphatic carbocycles. The molecule has 0 saturated carbocycles. The van der Waals surface area contributed by atoms with Gasteiger partial charge in [0, 0.05) is 13.8 Å². The van der Waals surface area contributed by atoms with Gasteiger partial charge in [0.1, 0.15) is 97.5 Å². The van der Waals surface area contributed by atoms with Crippen molar-refractivity contribution in [1.29, 1.82) is 0 Å². The summed E-state index contributed by atoms with van der Waals surface area (Å²) < 4.78 is 38.8. The Labute approximate surface area is 289 Å². The highest BCUT2D eigenvalue weighted by Crippen LogP contribution is 2.33. The fourth-order valence-corrected chi connectivity index (χ4v) is 6.24. The maximum absolute atomic E-state index is 12.0. The van der Waals surface area contributed by atoms with Gasteiger partial charge in [-0.05, 0) is 0 Å². The van der Waals surface area contributed by atoms with E-state index in [-0.39, 0.29) is 0 Å². The number of carbonyl (C=O) groups is 2. The second-order valence-electron chi connectivity index (χ2n) is 12.7. The van der Waals surface area contributed by atoms with Crippen LogP contribution in [-0.2, 0) is 42.7 Å². The van der Waals surface area contributed by atoms with Crippen LogP contribution in [0.4, 0.5) is 0 Å². The van der Waals surface area contributed by atoms with Gasteiger partial charge in [-0.2, -0.15) is 0 Å². The molecule has 0 aromatic rings. The lowest BCUT2D eigenvalue weighted by Crippen LogP contribution is -2.69. The van der Waals surface area contributed by atoms with Gasteiger partial charge in [-0.1, -0.05) is 0 Å². The van der Waals surface area contributed by atoms with E-state index in [1.807, 2.05) is 0 Å². The summed E-state index contributed by atoms with van der Waals surface area (Å²) >= 11 is 0. The Morgan fingerprint density at radius 2 is 0.980 bits per heavy atom. The summed E-state index contributed by atoms with van der Waals surface area (Å²) in [5.74, 6) is -1.43. The number of hydrogen-bond acceptors (Lipinski definition) is 21. The number of hydrogen-bond donors (Lipinski definition) is 14. The number of ether oxygens (including phenoxy) is 7. The molecule has 0 bridgehead atoms. The average Bonchev–Trinajstić information content (AvgIpc) is 3.08. The van der Waals surface area contributed by atoms with E-state index in [1.165, 1.54) is 0 Å².